The molecule has 1 fully saturated rings. The first-order chi connectivity index (χ1) is 40.2. The summed E-state index contributed by atoms with van der Waals surface area (Å²) < 4.78 is 3.27. The molecule has 5 aromatic rings. The first-order valence-corrected chi connectivity index (χ1v) is 30.6. The van der Waals surface area contributed by atoms with E-state index in [-0.39, 0.29) is 61.7 Å². The third-order valence-electron chi connectivity index (χ3n) is 13.3. The van der Waals surface area contributed by atoms with Crippen molar-refractivity contribution in [2.45, 2.75) is 111 Å². The minimum atomic E-state index is -1.74. The van der Waals surface area contributed by atoms with Gasteiger partial charge in [-0.3, -0.25) is 38.4 Å². The van der Waals surface area contributed by atoms with Crippen LogP contribution in [-0.4, -0.2) is 135 Å². The van der Waals surface area contributed by atoms with Gasteiger partial charge in [0, 0.05) is 46.4 Å². The molecule has 84 heavy (non-hydrogen) atoms. The summed E-state index contributed by atoms with van der Waals surface area (Å²) in [4.78, 5) is 115. The third kappa shape index (κ3) is 21.3. The van der Waals surface area contributed by atoms with Crippen molar-refractivity contribution in [3.05, 3.63) is 155 Å². The van der Waals surface area contributed by atoms with Gasteiger partial charge >= 0.3 is 0 Å². The quantitative estimate of drug-likeness (QED) is 0.0285. The van der Waals surface area contributed by atoms with E-state index >= 15 is 0 Å². The highest BCUT2D eigenvalue weighted by Crippen LogP contribution is 2.25. The Morgan fingerprint density at radius 2 is 1.18 bits per heavy atom. The van der Waals surface area contributed by atoms with Crippen LogP contribution in [0.1, 0.15) is 48.4 Å². The first-order valence-electron chi connectivity index (χ1n) is 26.9. The summed E-state index contributed by atoms with van der Waals surface area (Å²) in [7, 11) is 1.94. The number of anilines is 1. The maximum Gasteiger partial charge on any atom is 0.245 e. The van der Waals surface area contributed by atoms with Crippen LogP contribution in [0.5, 0.6) is 11.5 Å². The number of carbonyl (C=O) groups is 8. The van der Waals surface area contributed by atoms with Crippen molar-refractivity contribution >= 4 is 98.1 Å². The van der Waals surface area contributed by atoms with Crippen LogP contribution in [-0.2, 0) is 64.0 Å². The van der Waals surface area contributed by atoms with Gasteiger partial charge in [-0.15, -0.1) is 0 Å². The highest BCUT2D eigenvalue weighted by atomic mass is 35.5. The fourth-order valence-electron chi connectivity index (χ4n) is 8.54. The van der Waals surface area contributed by atoms with Crippen molar-refractivity contribution in [2.75, 3.05) is 22.8 Å². The number of unbranched alkanes of at least 4 members (excludes halogenated alkanes) is 1. The van der Waals surface area contributed by atoms with Gasteiger partial charge in [-0.1, -0.05) is 99.9 Å². The maximum absolute atomic E-state index is 14.9. The Balaban J connectivity index is 1.38. The lowest BCUT2D eigenvalue weighted by Crippen LogP contribution is -2.62. The molecule has 0 bridgehead atoms. The van der Waals surface area contributed by atoms with E-state index in [9.17, 15) is 53.7 Å². The molecular formula is C58H70ClN11O11S3. The lowest BCUT2D eigenvalue weighted by molar-refractivity contribution is -0.136. The number of nitrogens with two attached hydrogens (primary N) is 3. The summed E-state index contributed by atoms with van der Waals surface area (Å²) in [5.74, 6) is -7.74. The molecular weight excluding hydrogens is 1160 g/mol. The summed E-state index contributed by atoms with van der Waals surface area (Å²) in [5, 5.41) is 50.2. The molecule has 6 rings (SSSR count). The van der Waals surface area contributed by atoms with Gasteiger partial charge in [0.25, 0.3) is 0 Å². The number of hydrogen-bond acceptors (Lipinski definition) is 17. The van der Waals surface area contributed by atoms with Crippen molar-refractivity contribution in [1.29, 1.82) is 0 Å². The van der Waals surface area contributed by atoms with E-state index < -0.39 is 102 Å². The number of halogens is 1. The zero-order valence-corrected chi connectivity index (χ0v) is 49.0. The second-order valence-corrected chi connectivity index (χ2v) is 23.8. The monoisotopic (exact) mass is 1230 g/mol. The topological polar surface area (TPSA) is 372 Å². The molecule has 1 heterocycles. The fraction of sp³-hybridized carbons (Fsp3) is 0.345. The van der Waals surface area contributed by atoms with E-state index in [1.165, 1.54) is 55.3 Å². The van der Waals surface area contributed by atoms with Crippen LogP contribution in [0, 0.1) is 0 Å². The number of rotatable bonds is 21. The summed E-state index contributed by atoms with van der Waals surface area (Å²) in [6.07, 6.45) is -1.30. The van der Waals surface area contributed by atoms with Crippen molar-refractivity contribution < 1.29 is 53.7 Å². The molecule has 448 valence electrons. The van der Waals surface area contributed by atoms with E-state index in [0.29, 0.717) is 40.1 Å². The normalized spacial score (nSPS) is 20.5. The standard InChI is InChI=1S/C58H70ClN11O11S3/c1-33(71)50-58(81)68-49(56(79)64-45(51(62)74)28-36-14-22-40(72)23-15-36)32-83-82-31-48(67-52(75)43(61)27-34-10-18-38(59)19-11-34)57(80)66-47(30-37-16-24-41(73)25-17-37)55(78)65-46(54(77)63-44(53(76)69-50)9-5-6-26-60)29-35-12-20-39(21-13-35)70-84-42-7-3-2-4-8-42/h2-4,7-8,10-25,33,43-50,70-73H,5-6,9,26-32,60-61H2,1H3,(H2,62,74)(H,63,77)(H,64,79)(H,65,78)(H,66,80)(H,67,75)(H,68,81)(H,69,76)/t33-,43+,44+,45-,46-,47+,48-,49+,50+/m1/s1. The number of aromatic hydroxyl groups is 2. The predicted molar refractivity (Wildman–Crippen MR) is 325 cm³/mol. The minimum Gasteiger partial charge on any atom is -0.508 e. The number of carbonyl (C=O) groups excluding carboxylic acids is 8. The van der Waals surface area contributed by atoms with E-state index in [1.807, 2.05) is 30.3 Å². The Kier molecular flexibility index (Phi) is 25.9. The lowest BCUT2D eigenvalue weighted by Gasteiger charge is -2.29. The number of amides is 8. The highest BCUT2D eigenvalue weighted by Gasteiger charge is 2.36. The van der Waals surface area contributed by atoms with Crippen LogP contribution >= 0.6 is 45.1 Å². The lowest BCUT2D eigenvalue weighted by atomic mass is 10.0. The van der Waals surface area contributed by atoms with Crippen LogP contribution in [0.4, 0.5) is 5.69 Å². The number of nitrogens with one attached hydrogen (secondary N) is 8. The van der Waals surface area contributed by atoms with Crippen molar-refractivity contribution in [3.8, 4) is 11.5 Å². The summed E-state index contributed by atoms with van der Waals surface area (Å²) >= 11 is 7.47. The molecule has 1 aliphatic rings. The number of phenols is 2. The third-order valence-corrected chi connectivity index (χ3v) is 16.8. The molecule has 22 nitrogen and oxygen atoms in total. The zero-order valence-electron chi connectivity index (χ0n) is 45.8. The van der Waals surface area contributed by atoms with Gasteiger partial charge in [0.1, 0.15) is 53.8 Å². The average Bonchev–Trinajstić information content (AvgIpc) is 3.68. The highest BCUT2D eigenvalue weighted by molar-refractivity contribution is 8.76. The van der Waals surface area contributed by atoms with E-state index in [1.54, 1.807) is 60.7 Å². The summed E-state index contributed by atoms with van der Waals surface area (Å²) in [6, 6.07) is 23.5. The largest absolute Gasteiger partial charge is 0.508 e. The summed E-state index contributed by atoms with van der Waals surface area (Å²) in [6.45, 7) is 1.46. The van der Waals surface area contributed by atoms with Crippen LogP contribution in [0.2, 0.25) is 5.02 Å². The molecule has 0 aliphatic carbocycles. The molecule has 0 spiro atoms. The number of phenolic OH excluding ortho intramolecular Hbond substituents is 2. The van der Waals surface area contributed by atoms with Gasteiger partial charge in [-0.05, 0) is 134 Å². The molecule has 9 atom stereocenters. The first kappa shape index (κ1) is 65.6. The maximum atomic E-state index is 14.9. The van der Waals surface area contributed by atoms with Gasteiger partial charge in [0.2, 0.25) is 47.3 Å². The average molecular weight is 1230 g/mol. The van der Waals surface area contributed by atoms with Crippen LogP contribution < -0.4 is 59.1 Å². The molecule has 0 aromatic heterocycles. The Labute approximate surface area is 503 Å². The Morgan fingerprint density at radius 1 is 0.655 bits per heavy atom. The van der Waals surface area contributed by atoms with E-state index in [2.05, 4.69) is 41.9 Å². The molecule has 1 saturated heterocycles. The van der Waals surface area contributed by atoms with Gasteiger partial charge in [0.05, 0.1) is 12.1 Å². The van der Waals surface area contributed by atoms with Gasteiger partial charge in [-0.25, -0.2) is 0 Å². The molecule has 26 heteroatoms. The van der Waals surface area contributed by atoms with Crippen LogP contribution in [0.15, 0.2) is 132 Å². The Hall–Kier alpha value is -7.52. The van der Waals surface area contributed by atoms with Crippen molar-refractivity contribution in [3.63, 3.8) is 0 Å². The number of hydrogen-bond donors (Lipinski definition) is 14. The van der Waals surface area contributed by atoms with E-state index in [4.69, 9.17) is 28.8 Å². The number of aliphatic hydroxyl groups excluding tert-OH is 1. The summed E-state index contributed by atoms with van der Waals surface area (Å²) in [5.41, 5.74) is 21.0. The second kappa shape index (κ2) is 33.1. The number of aliphatic hydroxyl groups is 1. The SMILES string of the molecule is C[C@@H](O)[C@@H]1NC(=O)[C@H](CCCCN)NC(=O)[C@@H](Cc2ccc(NSc3ccccc3)cc2)NC(=O)[C@H](Cc2ccc(O)cc2)NC(=O)[C@H](NC(=O)[C@@H](N)Cc2ccc(Cl)cc2)CSSC[C@@H](C(=O)N[C@H](Cc2ccc(O)cc2)C(N)=O)NC1=O. The number of benzene rings is 5. The molecule has 0 unspecified atom stereocenters. The Morgan fingerprint density at radius 3 is 1.76 bits per heavy atom. The van der Waals surface area contributed by atoms with Crippen LogP contribution in [0.25, 0.3) is 0 Å². The van der Waals surface area contributed by atoms with Gasteiger partial charge in [0.15, 0.2) is 0 Å². The van der Waals surface area contributed by atoms with Gasteiger partial charge in [-0.2, -0.15) is 0 Å². The van der Waals surface area contributed by atoms with Crippen molar-refractivity contribution in [2.24, 2.45) is 17.2 Å². The molecule has 0 radical (unpaired) electrons. The molecule has 0 saturated carbocycles. The molecule has 1 aliphatic heterocycles. The minimum absolute atomic E-state index is 0.0204. The van der Waals surface area contributed by atoms with Crippen molar-refractivity contribution in [1.82, 2.24) is 37.2 Å². The van der Waals surface area contributed by atoms with Crippen LogP contribution in [0.3, 0.4) is 0 Å². The molecule has 17 N–H and O–H groups in total. The van der Waals surface area contributed by atoms with E-state index in [0.717, 1.165) is 32.2 Å². The zero-order chi connectivity index (χ0) is 60.7. The fourth-order valence-corrected chi connectivity index (χ4v) is 11.7. The second-order valence-electron chi connectivity index (χ2n) is 19.9. The molecule has 5 aromatic carbocycles. The number of primary amides is 1. The van der Waals surface area contributed by atoms with Gasteiger partial charge < -0.3 is 74.5 Å². The Bertz CT molecular complexity index is 3010. The smallest absolute Gasteiger partial charge is 0.245 e. The predicted octanol–water partition coefficient (Wildman–Crippen LogP) is 2.25. The molecule has 8 amide bonds.